The molecule has 1 atom stereocenters. The van der Waals surface area contributed by atoms with Crippen molar-refractivity contribution in [1.29, 1.82) is 5.26 Å². The van der Waals surface area contributed by atoms with E-state index in [9.17, 15) is 0 Å². The van der Waals surface area contributed by atoms with Crippen LogP contribution in [0.2, 0.25) is 0 Å². The number of anilines is 1. The van der Waals surface area contributed by atoms with Crippen LogP contribution in [-0.4, -0.2) is 7.05 Å². The highest BCUT2D eigenvalue weighted by molar-refractivity contribution is 7.10. The zero-order valence-corrected chi connectivity index (χ0v) is 11.7. The Morgan fingerprint density at radius 3 is 2.67 bits per heavy atom. The first-order chi connectivity index (χ1) is 8.63. The molecule has 92 valence electrons. The molecule has 0 saturated heterocycles. The van der Waals surface area contributed by atoms with E-state index >= 15 is 0 Å². The summed E-state index contributed by atoms with van der Waals surface area (Å²) in [6.07, 6.45) is 0. The molecule has 0 saturated carbocycles. The Balaban J connectivity index is 2.29. The first-order valence-corrected chi connectivity index (χ1v) is 6.78. The van der Waals surface area contributed by atoms with Crippen LogP contribution in [0, 0.1) is 18.3 Å². The highest BCUT2D eigenvalue weighted by Crippen LogP contribution is 2.30. The summed E-state index contributed by atoms with van der Waals surface area (Å²) < 4.78 is 0. The molecule has 2 rings (SSSR count). The third kappa shape index (κ3) is 2.39. The molecule has 0 N–H and O–H groups in total. The van der Waals surface area contributed by atoms with Crippen molar-refractivity contribution in [3.8, 4) is 6.07 Å². The van der Waals surface area contributed by atoms with Crippen molar-refractivity contribution in [2.45, 2.75) is 19.9 Å². The van der Waals surface area contributed by atoms with E-state index in [0.29, 0.717) is 11.6 Å². The predicted molar refractivity (Wildman–Crippen MR) is 77.0 cm³/mol. The number of rotatable bonds is 3. The van der Waals surface area contributed by atoms with E-state index < -0.39 is 0 Å². The molecule has 0 amide bonds. The summed E-state index contributed by atoms with van der Waals surface area (Å²) in [4.78, 5) is 3.60. The van der Waals surface area contributed by atoms with Gasteiger partial charge in [-0.2, -0.15) is 5.26 Å². The monoisotopic (exact) mass is 256 g/mol. The zero-order valence-electron chi connectivity index (χ0n) is 10.8. The van der Waals surface area contributed by atoms with E-state index in [1.165, 1.54) is 10.6 Å². The molecule has 0 aliphatic rings. The van der Waals surface area contributed by atoms with Gasteiger partial charge in [0.1, 0.15) is 0 Å². The van der Waals surface area contributed by atoms with E-state index in [2.05, 4.69) is 42.5 Å². The lowest BCUT2D eigenvalue weighted by Gasteiger charge is -2.27. The van der Waals surface area contributed by atoms with Crippen molar-refractivity contribution in [3.05, 3.63) is 51.7 Å². The zero-order chi connectivity index (χ0) is 13.1. The van der Waals surface area contributed by atoms with E-state index in [-0.39, 0.29) is 0 Å². The molecule has 2 nitrogen and oxygen atoms in total. The molecule has 0 bridgehead atoms. The second-order valence-electron chi connectivity index (χ2n) is 4.42. The van der Waals surface area contributed by atoms with Crippen LogP contribution in [0.25, 0.3) is 0 Å². The largest absolute Gasteiger partial charge is 0.367 e. The highest BCUT2D eigenvalue weighted by Gasteiger charge is 2.14. The maximum Gasteiger partial charge on any atom is 0.0991 e. The molecule has 0 radical (unpaired) electrons. The van der Waals surface area contributed by atoms with Gasteiger partial charge in [0, 0.05) is 17.6 Å². The van der Waals surface area contributed by atoms with Crippen molar-refractivity contribution in [2.75, 3.05) is 11.9 Å². The lowest BCUT2D eigenvalue weighted by atomic mass is 10.1. The van der Waals surface area contributed by atoms with Crippen LogP contribution in [0.1, 0.15) is 29.0 Å². The number of benzene rings is 1. The van der Waals surface area contributed by atoms with Gasteiger partial charge in [0.05, 0.1) is 17.7 Å². The number of hydrogen-bond donors (Lipinski definition) is 0. The summed E-state index contributed by atoms with van der Waals surface area (Å²) in [5.41, 5.74) is 3.03. The summed E-state index contributed by atoms with van der Waals surface area (Å²) in [7, 11) is 2.10. The fraction of sp³-hybridized carbons (Fsp3) is 0.267. The Morgan fingerprint density at radius 1 is 1.33 bits per heavy atom. The van der Waals surface area contributed by atoms with Crippen LogP contribution in [0.5, 0.6) is 0 Å². The molecule has 0 fully saturated rings. The van der Waals surface area contributed by atoms with Gasteiger partial charge in [0.15, 0.2) is 0 Å². The second-order valence-corrected chi connectivity index (χ2v) is 5.39. The third-order valence-corrected chi connectivity index (χ3v) is 4.28. The van der Waals surface area contributed by atoms with Crippen LogP contribution in [-0.2, 0) is 0 Å². The van der Waals surface area contributed by atoms with Crippen LogP contribution in [0.15, 0.2) is 35.7 Å². The molecule has 1 aromatic carbocycles. The van der Waals surface area contributed by atoms with Gasteiger partial charge >= 0.3 is 0 Å². The predicted octanol–water partition coefficient (Wildman–Crippen LogP) is 4.13. The summed E-state index contributed by atoms with van der Waals surface area (Å²) in [5, 5.41) is 11.0. The Labute approximate surface area is 112 Å². The first kappa shape index (κ1) is 12.7. The fourth-order valence-corrected chi connectivity index (χ4v) is 2.88. The molecule has 1 unspecified atom stereocenters. The van der Waals surface area contributed by atoms with Gasteiger partial charge in [-0.05, 0) is 49.1 Å². The SMILES string of the molecule is Cc1cc(C#N)ccc1N(C)C(C)c1cccs1. The van der Waals surface area contributed by atoms with E-state index in [4.69, 9.17) is 5.26 Å². The fourth-order valence-electron chi connectivity index (χ4n) is 2.05. The third-order valence-electron chi connectivity index (χ3n) is 3.24. The van der Waals surface area contributed by atoms with Crippen LogP contribution in [0.3, 0.4) is 0 Å². The Morgan fingerprint density at radius 2 is 2.11 bits per heavy atom. The summed E-state index contributed by atoms with van der Waals surface area (Å²) in [5.74, 6) is 0. The minimum Gasteiger partial charge on any atom is -0.367 e. The van der Waals surface area contributed by atoms with E-state index in [0.717, 1.165) is 5.56 Å². The Bertz CT molecular complexity index is 567. The number of nitrogens with zero attached hydrogens (tertiary/aromatic N) is 2. The van der Waals surface area contributed by atoms with Crippen molar-refractivity contribution in [1.82, 2.24) is 0 Å². The molecule has 2 aromatic rings. The Hall–Kier alpha value is -1.79. The van der Waals surface area contributed by atoms with E-state index in [1.807, 2.05) is 25.1 Å². The average Bonchev–Trinajstić information content (AvgIpc) is 2.90. The van der Waals surface area contributed by atoms with Crippen LogP contribution < -0.4 is 4.90 Å². The van der Waals surface area contributed by atoms with Gasteiger partial charge in [0.2, 0.25) is 0 Å². The van der Waals surface area contributed by atoms with Gasteiger partial charge < -0.3 is 4.90 Å². The standard InChI is InChI=1S/C15H16N2S/c1-11-9-13(10-16)6-7-14(11)17(3)12(2)15-5-4-8-18-15/h4-9,12H,1-3H3. The number of thiophene rings is 1. The number of nitriles is 1. The molecular formula is C15H16N2S. The Kier molecular flexibility index (Phi) is 3.69. The average molecular weight is 256 g/mol. The van der Waals surface area contributed by atoms with E-state index in [1.54, 1.807) is 11.3 Å². The highest BCUT2D eigenvalue weighted by atomic mass is 32.1. The van der Waals surface area contributed by atoms with Crippen molar-refractivity contribution < 1.29 is 0 Å². The maximum absolute atomic E-state index is 8.89. The van der Waals surface area contributed by atoms with Gasteiger partial charge in [-0.1, -0.05) is 6.07 Å². The normalized spacial score (nSPS) is 11.9. The summed E-state index contributed by atoms with van der Waals surface area (Å²) in [6.45, 7) is 4.25. The smallest absolute Gasteiger partial charge is 0.0991 e. The number of aryl methyl sites for hydroxylation is 1. The van der Waals surface area contributed by atoms with Crippen molar-refractivity contribution >= 4 is 17.0 Å². The molecule has 1 aromatic heterocycles. The van der Waals surface area contributed by atoms with Crippen LogP contribution >= 0.6 is 11.3 Å². The van der Waals surface area contributed by atoms with Gasteiger partial charge in [-0.3, -0.25) is 0 Å². The van der Waals surface area contributed by atoms with Crippen LogP contribution in [0.4, 0.5) is 5.69 Å². The van der Waals surface area contributed by atoms with Crippen molar-refractivity contribution in [2.24, 2.45) is 0 Å². The second kappa shape index (κ2) is 5.24. The molecule has 18 heavy (non-hydrogen) atoms. The summed E-state index contributed by atoms with van der Waals surface area (Å²) in [6, 6.07) is 12.6. The minimum absolute atomic E-state index is 0.344. The molecule has 0 spiro atoms. The quantitative estimate of drug-likeness (QED) is 0.825. The lowest BCUT2D eigenvalue weighted by molar-refractivity contribution is 0.751. The lowest BCUT2D eigenvalue weighted by Crippen LogP contribution is -2.21. The van der Waals surface area contributed by atoms with Gasteiger partial charge in [-0.25, -0.2) is 0 Å². The van der Waals surface area contributed by atoms with Crippen molar-refractivity contribution in [3.63, 3.8) is 0 Å². The first-order valence-electron chi connectivity index (χ1n) is 5.90. The maximum atomic E-state index is 8.89. The van der Waals surface area contributed by atoms with Gasteiger partial charge in [0.25, 0.3) is 0 Å². The molecule has 0 aliphatic heterocycles. The molecule has 1 heterocycles. The van der Waals surface area contributed by atoms with Gasteiger partial charge in [-0.15, -0.1) is 11.3 Å². The minimum atomic E-state index is 0.344. The topological polar surface area (TPSA) is 27.0 Å². The summed E-state index contributed by atoms with van der Waals surface area (Å²) >= 11 is 1.77. The molecule has 3 heteroatoms. The molecular weight excluding hydrogens is 240 g/mol. The molecule has 0 aliphatic carbocycles. The number of hydrogen-bond acceptors (Lipinski definition) is 3.